The van der Waals surface area contributed by atoms with E-state index in [2.05, 4.69) is 13.0 Å². The molecule has 0 amide bonds. The molecule has 2 unspecified atom stereocenters. The molecular weight excluding hydrogens is 412 g/mol. The number of rotatable bonds is 10. The molecule has 1 heterocycles. The van der Waals surface area contributed by atoms with Gasteiger partial charge in [-0.25, -0.2) is 4.79 Å². The van der Waals surface area contributed by atoms with Crippen molar-refractivity contribution in [3.8, 4) is 0 Å². The molecule has 1 fully saturated rings. The lowest BCUT2D eigenvalue weighted by molar-refractivity contribution is -0.167. The van der Waals surface area contributed by atoms with Crippen LogP contribution in [-0.2, 0) is 33.3 Å². The van der Waals surface area contributed by atoms with Gasteiger partial charge in [0.1, 0.15) is 17.8 Å². The molecule has 7 heteroatoms. The third-order valence-corrected chi connectivity index (χ3v) is 5.87. The Morgan fingerprint density at radius 1 is 1.19 bits per heavy atom. The summed E-state index contributed by atoms with van der Waals surface area (Å²) < 4.78 is 22.1. The van der Waals surface area contributed by atoms with Crippen LogP contribution < -0.4 is 0 Å². The number of carbonyl (C=O) groups is 3. The van der Waals surface area contributed by atoms with E-state index in [1.54, 1.807) is 0 Å². The molecule has 1 saturated heterocycles. The molecule has 7 nitrogen and oxygen atoms in total. The van der Waals surface area contributed by atoms with Gasteiger partial charge in [0.25, 0.3) is 0 Å². The van der Waals surface area contributed by atoms with Gasteiger partial charge in [0.15, 0.2) is 0 Å². The van der Waals surface area contributed by atoms with Gasteiger partial charge in [-0.1, -0.05) is 25.0 Å². The van der Waals surface area contributed by atoms with E-state index < -0.39 is 17.7 Å². The lowest BCUT2D eigenvalue weighted by Gasteiger charge is -2.35. The first-order chi connectivity index (χ1) is 15.0. The van der Waals surface area contributed by atoms with E-state index in [1.807, 2.05) is 20.8 Å². The number of methoxy groups -OCH3 is 1. The average molecular weight is 453 g/mol. The van der Waals surface area contributed by atoms with E-state index >= 15 is 0 Å². The first-order valence-corrected chi connectivity index (χ1v) is 11.4. The van der Waals surface area contributed by atoms with Crippen molar-refractivity contribution >= 4 is 17.9 Å². The van der Waals surface area contributed by atoms with Gasteiger partial charge in [0, 0.05) is 26.3 Å². The largest absolute Gasteiger partial charge is 0.466 e. The maximum absolute atomic E-state index is 11.7. The summed E-state index contributed by atoms with van der Waals surface area (Å²) in [6.07, 6.45) is 7.14. The van der Waals surface area contributed by atoms with Crippen LogP contribution in [0.1, 0.15) is 80.1 Å². The second kappa shape index (κ2) is 13.4. The zero-order valence-corrected chi connectivity index (χ0v) is 20.7. The minimum atomic E-state index is -0.673. The maximum Gasteiger partial charge on any atom is 0.330 e. The molecule has 1 aliphatic rings. The molecule has 32 heavy (non-hydrogen) atoms. The second-order valence-corrected chi connectivity index (χ2v) is 9.10. The van der Waals surface area contributed by atoms with Crippen LogP contribution in [0, 0.1) is 5.92 Å². The van der Waals surface area contributed by atoms with Crippen molar-refractivity contribution in [3.05, 3.63) is 23.3 Å². The fraction of sp³-hybridized carbons (Fsp3) is 0.720. The van der Waals surface area contributed by atoms with E-state index in [0.717, 1.165) is 18.4 Å². The number of hydrogen-bond acceptors (Lipinski definition) is 7. The van der Waals surface area contributed by atoms with Crippen LogP contribution in [0.5, 0.6) is 0 Å². The van der Waals surface area contributed by atoms with E-state index in [1.165, 1.54) is 32.6 Å². The summed E-state index contributed by atoms with van der Waals surface area (Å²) >= 11 is 0. The van der Waals surface area contributed by atoms with E-state index in [9.17, 15) is 14.4 Å². The Hall–Kier alpha value is -2.15. The molecule has 0 aliphatic carbocycles. The summed E-state index contributed by atoms with van der Waals surface area (Å²) in [5, 5.41) is 0. The van der Waals surface area contributed by atoms with Crippen molar-refractivity contribution in [1.82, 2.24) is 0 Å². The van der Waals surface area contributed by atoms with Crippen molar-refractivity contribution < 1.29 is 33.3 Å². The van der Waals surface area contributed by atoms with E-state index in [4.69, 9.17) is 18.9 Å². The standard InChI is InChI=1S/C25H40O7/c1-17(2)10-12-22(31-19(4)26)18(3)9-8-14-25(6)23(32-20(5)27)13-11-21(16-30-25)15-24(28)29-7/h10,15,18,22-23H,8-9,11-14,16H2,1-7H3/b21-15+/t18?,22?,23-,25+/m1/s1. The molecule has 4 atom stereocenters. The molecule has 0 bridgehead atoms. The molecule has 0 radical (unpaired) electrons. The van der Waals surface area contributed by atoms with Gasteiger partial charge < -0.3 is 18.9 Å². The smallest absolute Gasteiger partial charge is 0.330 e. The summed E-state index contributed by atoms with van der Waals surface area (Å²) in [6, 6.07) is 0. The van der Waals surface area contributed by atoms with Crippen LogP contribution in [0.3, 0.4) is 0 Å². The first-order valence-electron chi connectivity index (χ1n) is 11.4. The average Bonchev–Trinajstić information content (AvgIpc) is 2.84. The minimum absolute atomic E-state index is 0.172. The number of ether oxygens (including phenoxy) is 4. The van der Waals surface area contributed by atoms with Crippen LogP contribution in [0.15, 0.2) is 23.3 Å². The topological polar surface area (TPSA) is 88.1 Å². The molecule has 0 aromatic rings. The van der Waals surface area contributed by atoms with Crippen molar-refractivity contribution in [2.45, 2.75) is 97.9 Å². The summed E-state index contributed by atoms with van der Waals surface area (Å²) in [5.41, 5.74) is 1.34. The SMILES string of the molecule is COC(=O)/C=C1\CC[C@@H](OC(C)=O)[C@](C)(CCCC(C)C(CC=C(C)C)OC(C)=O)OC1. The Labute approximate surface area is 192 Å². The van der Waals surface area contributed by atoms with Crippen molar-refractivity contribution in [2.24, 2.45) is 5.92 Å². The number of esters is 3. The molecular formula is C25H40O7. The van der Waals surface area contributed by atoms with Gasteiger partial charge in [0.2, 0.25) is 0 Å². The molecule has 182 valence electrons. The highest BCUT2D eigenvalue weighted by atomic mass is 16.6. The van der Waals surface area contributed by atoms with Crippen molar-refractivity contribution in [1.29, 1.82) is 0 Å². The van der Waals surface area contributed by atoms with Gasteiger partial charge in [-0.2, -0.15) is 0 Å². The fourth-order valence-corrected chi connectivity index (χ4v) is 3.92. The van der Waals surface area contributed by atoms with Crippen molar-refractivity contribution in [3.63, 3.8) is 0 Å². The Morgan fingerprint density at radius 2 is 1.88 bits per heavy atom. The molecule has 0 N–H and O–H groups in total. The molecule has 0 aromatic heterocycles. The highest BCUT2D eigenvalue weighted by Gasteiger charge is 2.39. The lowest BCUT2D eigenvalue weighted by Crippen LogP contribution is -2.43. The first kappa shape index (κ1) is 27.9. The Kier molecular flexibility index (Phi) is 11.7. The Morgan fingerprint density at radius 3 is 2.44 bits per heavy atom. The Balaban J connectivity index is 2.84. The number of allylic oxidation sites excluding steroid dienone is 1. The van der Waals surface area contributed by atoms with Gasteiger partial charge in [-0.05, 0) is 57.9 Å². The van der Waals surface area contributed by atoms with E-state index in [-0.39, 0.29) is 30.6 Å². The highest BCUT2D eigenvalue weighted by molar-refractivity contribution is 5.82. The van der Waals surface area contributed by atoms with Crippen LogP contribution in [-0.4, -0.2) is 49.4 Å². The molecule has 0 spiro atoms. The third-order valence-electron chi connectivity index (χ3n) is 5.87. The third kappa shape index (κ3) is 9.98. The minimum Gasteiger partial charge on any atom is -0.466 e. The van der Waals surface area contributed by atoms with Crippen LogP contribution in [0.4, 0.5) is 0 Å². The van der Waals surface area contributed by atoms with Gasteiger partial charge in [-0.3, -0.25) is 9.59 Å². The van der Waals surface area contributed by atoms with Gasteiger partial charge >= 0.3 is 17.9 Å². The lowest BCUT2D eigenvalue weighted by atomic mass is 9.86. The second-order valence-electron chi connectivity index (χ2n) is 9.10. The monoisotopic (exact) mass is 452 g/mol. The predicted octanol–water partition coefficient (Wildman–Crippen LogP) is 4.68. The summed E-state index contributed by atoms with van der Waals surface area (Å²) in [5.74, 6) is -0.873. The van der Waals surface area contributed by atoms with Crippen molar-refractivity contribution in [2.75, 3.05) is 13.7 Å². The molecule has 0 aromatic carbocycles. The molecule has 1 aliphatic heterocycles. The predicted molar refractivity (Wildman–Crippen MR) is 122 cm³/mol. The van der Waals surface area contributed by atoms with Crippen LogP contribution in [0.25, 0.3) is 0 Å². The van der Waals surface area contributed by atoms with Gasteiger partial charge in [0.05, 0.1) is 13.7 Å². The summed E-state index contributed by atoms with van der Waals surface area (Å²) in [6.45, 7) is 11.2. The van der Waals surface area contributed by atoms with E-state index in [0.29, 0.717) is 25.7 Å². The Bertz CT molecular complexity index is 705. The normalized spacial score (nSPS) is 24.1. The zero-order valence-electron chi connectivity index (χ0n) is 20.7. The summed E-state index contributed by atoms with van der Waals surface area (Å²) in [4.78, 5) is 34.9. The quantitative estimate of drug-likeness (QED) is 0.206. The van der Waals surface area contributed by atoms with Crippen LogP contribution in [0.2, 0.25) is 0 Å². The van der Waals surface area contributed by atoms with Gasteiger partial charge in [-0.15, -0.1) is 0 Å². The maximum atomic E-state index is 11.7. The fourth-order valence-electron chi connectivity index (χ4n) is 3.92. The summed E-state index contributed by atoms with van der Waals surface area (Å²) in [7, 11) is 1.34. The number of hydrogen-bond donors (Lipinski definition) is 0. The zero-order chi connectivity index (χ0) is 24.3. The molecule has 1 rings (SSSR count). The molecule has 0 saturated carbocycles. The van der Waals surface area contributed by atoms with Crippen LogP contribution >= 0.6 is 0 Å². The highest BCUT2D eigenvalue weighted by Crippen LogP contribution is 2.34. The number of carbonyl (C=O) groups excluding carboxylic acids is 3.